The minimum Gasteiger partial charge on any atom is -0.119 e. The van der Waals surface area contributed by atoms with Crippen molar-refractivity contribution in [3.63, 3.8) is 0 Å². The van der Waals surface area contributed by atoms with Crippen molar-refractivity contribution in [3.8, 4) is 12.3 Å². The Morgan fingerprint density at radius 3 is 3.00 bits per heavy atom. The third-order valence-corrected chi connectivity index (χ3v) is 1.37. The van der Waals surface area contributed by atoms with E-state index in [2.05, 4.69) is 12.0 Å². The third kappa shape index (κ3) is 1.13. The number of allylic oxidation sites excluding steroid dienone is 2. The second-order valence-electron chi connectivity index (χ2n) is 2.04. The maximum atomic E-state index is 5.18. The van der Waals surface area contributed by atoms with Gasteiger partial charge in [0.15, 0.2) is 0 Å². The van der Waals surface area contributed by atoms with Crippen LogP contribution in [-0.4, -0.2) is 0 Å². The van der Waals surface area contributed by atoms with E-state index in [9.17, 15) is 0 Å². The maximum Gasteiger partial charge on any atom is 0.0385 e. The van der Waals surface area contributed by atoms with Crippen LogP contribution in [-0.2, 0) is 0 Å². The Bertz CT molecular complexity index is 125. The Balaban J connectivity index is 2.46. The number of terminal acetylenes is 1. The lowest BCUT2D eigenvalue weighted by molar-refractivity contribution is 0.636. The molecule has 0 aliphatic heterocycles. The summed E-state index contributed by atoms with van der Waals surface area (Å²) in [5, 5.41) is 0. The van der Waals surface area contributed by atoms with E-state index in [0.717, 1.165) is 12.8 Å². The SMILES string of the molecule is C#CC1C=[C]CCC1. The van der Waals surface area contributed by atoms with Gasteiger partial charge in [-0.15, -0.1) is 6.42 Å². The summed E-state index contributed by atoms with van der Waals surface area (Å²) in [6.07, 6.45) is 13.8. The van der Waals surface area contributed by atoms with E-state index >= 15 is 0 Å². The molecule has 8 heavy (non-hydrogen) atoms. The first-order chi connectivity index (χ1) is 3.93. The van der Waals surface area contributed by atoms with Crippen LogP contribution in [0, 0.1) is 24.3 Å². The molecule has 1 atom stereocenters. The van der Waals surface area contributed by atoms with Crippen LogP contribution in [0.2, 0.25) is 0 Å². The van der Waals surface area contributed by atoms with Crippen LogP contribution >= 0.6 is 0 Å². The van der Waals surface area contributed by atoms with E-state index in [4.69, 9.17) is 6.42 Å². The van der Waals surface area contributed by atoms with Crippen LogP contribution in [0.3, 0.4) is 0 Å². The van der Waals surface area contributed by atoms with Crippen molar-refractivity contribution in [1.29, 1.82) is 0 Å². The molecule has 1 aliphatic carbocycles. The molecule has 1 aliphatic rings. The van der Waals surface area contributed by atoms with Gasteiger partial charge >= 0.3 is 0 Å². The van der Waals surface area contributed by atoms with E-state index in [1.54, 1.807) is 0 Å². The number of hydrogen-bond donors (Lipinski definition) is 0. The monoisotopic (exact) mass is 105 g/mol. The molecule has 0 nitrogen and oxygen atoms in total. The highest BCUT2D eigenvalue weighted by molar-refractivity contribution is 5.04. The molecule has 0 aromatic carbocycles. The van der Waals surface area contributed by atoms with Crippen molar-refractivity contribution in [1.82, 2.24) is 0 Å². The summed E-state index contributed by atoms with van der Waals surface area (Å²) in [6.45, 7) is 0. The molecule has 0 heteroatoms. The van der Waals surface area contributed by atoms with E-state index in [1.807, 2.05) is 6.08 Å². The van der Waals surface area contributed by atoms with Gasteiger partial charge in [0.1, 0.15) is 0 Å². The second-order valence-corrected chi connectivity index (χ2v) is 2.04. The van der Waals surface area contributed by atoms with Crippen LogP contribution < -0.4 is 0 Å². The predicted octanol–water partition coefficient (Wildman–Crippen LogP) is 1.78. The highest BCUT2D eigenvalue weighted by atomic mass is 14.1. The topological polar surface area (TPSA) is 0 Å². The Morgan fingerprint density at radius 1 is 1.75 bits per heavy atom. The molecule has 1 unspecified atom stereocenters. The summed E-state index contributed by atoms with van der Waals surface area (Å²) in [5.74, 6) is 3.06. The summed E-state index contributed by atoms with van der Waals surface area (Å²) >= 11 is 0. The zero-order valence-electron chi connectivity index (χ0n) is 4.85. The summed E-state index contributed by atoms with van der Waals surface area (Å²) < 4.78 is 0. The van der Waals surface area contributed by atoms with Crippen LogP contribution in [0.4, 0.5) is 0 Å². The Labute approximate surface area is 50.6 Å². The fraction of sp³-hybridized carbons (Fsp3) is 0.500. The number of rotatable bonds is 0. The lowest BCUT2D eigenvalue weighted by Gasteiger charge is -2.07. The summed E-state index contributed by atoms with van der Waals surface area (Å²) in [4.78, 5) is 0. The minimum absolute atomic E-state index is 0.378. The molecular weight excluding hydrogens is 96.1 g/mol. The standard InChI is InChI=1S/C8H9/c1-2-8-6-4-3-5-7-8/h1,7-8H,3-4,6H2. The lowest BCUT2D eigenvalue weighted by atomic mass is 9.97. The van der Waals surface area contributed by atoms with Crippen molar-refractivity contribution in [2.24, 2.45) is 5.92 Å². The highest BCUT2D eigenvalue weighted by Crippen LogP contribution is 2.14. The zero-order valence-corrected chi connectivity index (χ0v) is 4.85. The first kappa shape index (κ1) is 5.44. The van der Waals surface area contributed by atoms with Crippen molar-refractivity contribution >= 4 is 0 Å². The molecule has 0 bridgehead atoms. The quantitative estimate of drug-likeness (QED) is 0.412. The smallest absolute Gasteiger partial charge is 0.0385 e. The molecular formula is C8H9. The number of hydrogen-bond acceptors (Lipinski definition) is 0. The Hall–Kier alpha value is -0.700. The van der Waals surface area contributed by atoms with E-state index < -0.39 is 0 Å². The average molecular weight is 105 g/mol. The van der Waals surface area contributed by atoms with Gasteiger partial charge < -0.3 is 0 Å². The van der Waals surface area contributed by atoms with Crippen LogP contribution in [0.15, 0.2) is 6.08 Å². The first-order valence-corrected chi connectivity index (χ1v) is 2.96. The molecule has 0 N–H and O–H groups in total. The van der Waals surface area contributed by atoms with Gasteiger partial charge in [0.2, 0.25) is 0 Å². The van der Waals surface area contributed by atoms with Gasteiger partial charge in [-0.1, -0.05) is 12.0 Å². The molecule has 0 saturated carbocycles. The highest BCUT2D eigenvalue weighted by Gasteiger charge is 2.02. The molecule has 0 aromatic rings. The van der Waals surface area contributed by atoms with Gasteiger partial charge in [-0.2, -0.15) is 0 Å². The van der Waals surface area contributed by atoms with Gasteiger partial charge in [0, 0.05) is 5.92 Å². The maximum absolute atomic E-state index is 5.18. The molecule has 0 spiro atoms. The van der Waals surface area contributed by atoms with Crippen LogP contribution in [0.25, 0.3) is 0 Å². The second kappa shape index (κ2) is 2.57. The summed E-state index contributed by atoms with van der Waals surface area (Å²) in [7, 11) is 0. The van der Waals surface area contributed by atoms with Crippen LogP contribution in [0.1, 0.15) is 19.3 Å². The van der Waals surface area contributed by atoms with Crippen molar-refractivity contribution in [2.45, 2.75) is 19.3 Å². The van der Waals surface area contributed by atoms with Gasteiger partial charge in [-0.3, -0.25) is 0 Å². The molecule has 1 rings (SSSR count). The van der Waals surface area contributed by atoms with Crippen molar-refractivity contribution < 1.29 is 0 Å². The normalized spacial score (nSPS) is 27.1. The molecule has 0 saturated heterocycles. The first-order valence-electron chi connectivity index (χ1n) is 2.96. The summed E-state index contributed by atoms with van der Waals surface area (Å²) in [6, 6.07) is 0. The zero-order chi connectivity index (χ0) is 5.82. The fourth-order valence-electron chi connectivity index (χ4n) is 0.864. The van der Waals surface area contributed by atoms with Crippen molar-refractivity contribution in [2.75, 3.05) is 0 Å². The Morgan fingerprint density at radius 2 is 2.62 bits per heavy atom. The van der Waals surface area contributed by atoms with E-state index in [0.29, 0.717) is 5.92 Å². The fourth-order valence-corrected chi connectivity index (χ4v) is 0.864. The van der Waals surface area contributed by atoms with E-state index in [-0.39, 0.29) is 0 Å². The Kier molecular flexibility index (Phi) is 1.75. The van der Waals surface area contributed by atoms with Gasteiger partial charge in [0.05, 0.1) is 0 Å². The largest absolute Gasteiger partial charge is 0.119 e. The molecule has 1 radical (unpaired) electrons. The van der Waals surface area contributed by atoms with Crippen molar-refractivity contribution in [3.05, 3.63) is 12.2 Å². The van der Waals surface area contributed by atoms with Gasteiger partial charge in [-0.05, 0) is 25.3 Å². The molecule has 0 aromatic heterocycles. The average Bonchev–Trinajstić information content (AvgIpc) is 1.90. The predicted molar refractivity (Wildman–Crippen MR) is 34.0 cm³/mol. The van der Waals surface area contributed by atoms with Gasteiger partial charge in [-0.25, -0.2) is 0 Å². The molecule has 0 amide bonds. The molecule has 41 valence electrons. The lowest BCUT2D eigenvalue weighted by Crippen LogP contribution is -1.96. The molecule has 0 fully saturated rings. The summed E-state index contributed by atoms with van der Waals surface area (Å²) in [5.41, 5.74) is 0. The molecule has 0 heterocycles. The minimum atomic E-state index is 0.378. The van der Waals surface area contributed by atoms with E-state index in [1.165, 1.54) is 6.42 Å². The van der Waals surface area contributed by atoms with Gasteiger partial charge in [0.25, 0.3) is 0 Å². The third-order valence-electron chi connectivity index (χ3n) is 1.37. The van der Waals surface area contributed by atoms with Crippen LogP contribution in [0.5, 0.6) is 0 Å².